The number of aryl methyl sites for hydroxylation is 2. The number of likely N-dealkylation sites (N-methyl/N-ethyl adjacent to an activating group) is 1. The number of ether oxygens (including phenoxy) is 1. The number of anilines is 1. The van der Waals surface area contributed by atoms with Crippen LogP contribution in [0.2, 0.25) is 0 Å². The van der Waals surface area contributed by atoms with Crippen molar-refractivity contribution in [2.45, 2.75) is 26.0 Å². The van der Waals surface area contributed by atoms with Crippen LogP contribution in [0.15, 0.2) is 24.7 Å². The van der Waals surface area contributed by atoms with Gasteiger partial charge in [0.1, 0.15) is 30.6 Å². The number of hydrogen-bond donors (Lipinski definition) is 1. The number of nitriles is 1. The van der Waals surface area contributed by atoms with Crippen LogP contribution in [0.3, 0.4) is 0 Å². The van der Waals surface area contributed by atoms with Crippen LogP contribution in [0.4, 0.5) is 5.69 Å². The molecule has 0 radical (unpaired) electrons. The molecule has 26 heavy (non-hydrogen) atoms. The number of aromatic nitrogens is 3. The molecule has 3 heterocycles. The summed E-state index contributed by atoms with van der Waals surface area (Å²) in [5.41, 5.74) is 2.01. The molecule has 1 saturated heterocycles. The second-order valence-corrected chi connectivity index (χ2v) is 6.23. The van der Waals surface area contributed by atoms with E-state index >= 15 is 0 Å². The Morgan fingerprint density at radius 2 is 2.27 bits per heavy atom. The third-order valence-electron chi connectivity index (χ3n) is 4.55. The summed E-state index contributed by atoms with van der Waals surface area (Å²) in [7, 11) is 1.90. The number of morpholine rings is 1. The number of amides is 1. The topological polar surface area (TPSA) is 96.1 Å². The van der Waals surface area contributed by atoms with Crippen molar-refractivity contribution in [2.75, 3.05) is 25.0 Å². The molecule has 0 spiro atoms. The first-order chi connectivity index (χ1) is 12.5. The lowest BCUT2D eigenvalue weighted by Crippen LogP contribution is -2.51. The summed E-state index contributed by atoms with van der Waals surface area (Å²) in [4.78, 5) is 22.7. The first-order valence-corrected chi connectivity index (χ1v) is 8.54. The lowest BCUT2D eigenvalue weighted by atomic mass is 10.1. The van der Waals surface area contributed by atoms with Crippen LogP contribution in [0.1, 0.15) is 30.0 Å². The maximum absolute atomic E-state index is 12.3. The van der Waals surface area contributed by atoms with Crippen molar-refractivity contribution in [1.29, 1.82) is 5.26 Å². The van der Waals surface area contributed by atoms with Crippen LogP contribution < -0.4 is 5.32 Å². The van der Waals surface area contributed by atoms with Crippen molar-refractivity contribution >= 4 is 11.6 Å². The number of imidazole rings is 1. The van der Waals surface area contributed by atoms with E-state index in [9.17, 15) is 10.1 Å². The van der Waals surface area contributed by atoms with Gasteiger partial charge in [0.25, 0.3) is 0 Å². The van der Waals surface area contributed by atoms with Gasteiger partial charge >= 0.3 is 0 Å². The molecule has 8 nitrogen and oxygen atoms in total. The molecule has 1 amide bonds. The zero-order valence-electron chi connectivity index (χ0n) is 15.1. The van der Waals surface area contributed by atoms with Crippen LogP contribution in [0.5, 0.6) is 0 Å². The Bertz CT molecular complexity index is 840. The number of nitrogens with zero attached hydrogens (tertiary/aromatic N) is 5. The van der Waals surface area contributed by atoms with Crippen molar-refractivity contribution in [3.8, 4) is 6.07 Å². The van der Waals surface area contributed by atoms with Gasteiger partial charge in [-0.25, -0.2) is 4.98 Å². The number of carbonyl (C=O) groups is 1. The van der Waals surface area contributed by atoms with Crippen molar-refractivity contribution in [3.63, 3.8) is 0 Å². The predicted octanol–water partition coefficient (Wildman–Crippen LogP) is 1.40. The molecule has 1 fully saturated rings. The van der Waals surface area contributed by atoms with Gasteiger partial charge in [0.15, 0.2) is 0 Å². The van der Waals surface area contributed by atoms with Crippen molar-refractivity contribution in [2.24, 2.45) is 7.05 Å². The Morgan fingerprint density at radius 3 is 2.92 bits per heavy atom. The second kappa shape index (κ2) is 7.54. The van der Waals surface area contributed by atoms with Gasteiger partial charge in [-0.15, -0.1) is 0 Å². The van der Waals surface area contributed by atoms with Crippen molar-refractivity contribution in [1.82, 2.24) is 19.4 Å². The maximum Gasteiger partial charge on any atom is 0.249 e. The van der Waals surface area contributed by atoms with Gasteiger partial charge in [-0.3, -0.25) is 9.78 Å². The summed E-state index contributed by atoms with van der Waals surface area (Å²) >= 11 is 0. The third kappa shape index (κ3) is 3.39. The molecule has 0 bridgehead atoms. The molecule has 1 N–H and O–H groups in total. The minimum Gasteiger partial charge on any atom is -0.381 e. The summed E-state index contributed by atoms with van der Waals surface area (Å²) in [6, 6.07) is 3.68. The van der Waals surface area contributed by atoms with Crippen LogP contribution in [0.25, 0.3) is 0 Å². The SMILES string of the molecule is CCN1C(=O)CO[C@@H](CNc2cc(C)ncc2C#N)[C@@H]1c1nccn1C. The van der Waals surface area contributed by atoms with Gasteiger partial charge in [0.05, 0.1) is 11.3 Å². The first kappa shape index (κ1) is 17.9. The zero-order chi connectivity index (χ0) is 18.7. The fourth-order valence-corrected chi connectivity index (χ4v) is 3.23. The van der Waals surface area contributed by atoms with Gasteiger partial charge in [0.2, 0.25) is 5.91 Å². The molecule has 2 aromatic rings. The average Bonchev–Trinajstić information content (AvgIpc) is 3.06. The lowest BCUT2D eigenvalue weighted by molar-refractivity contribution is -0.156. The highest BCUT2D eigenvalue weighted by atomic mass is 16.5. The van der Waals surface area contributed by atoms with Crippen LogP contribution >= 0.6 is 0 Å². The van der Waals surface area contributed by atoms with Gasteiger partial charge in [-0.1, -0.05) is 0 Å². The minimum atomic E-state index is -0.290. The molecule has 1 aliphatic heterocycles. The summed E-state index contributed by atoms with van der Waals surface area (Å²) in [5.74, 6) is 0.729. The van der Waals surface area contributed by atoms with E-state index in [2.05, 4.69) is 21.4 Å². The number of rotatable bonds is 5. The Labute approximate surface area is 152 Å². The van der Waals surface area contributed by atoms with Crippen molar-refractivity contribution < 1.29 is 9.53 Å². The second-order valence-electron chi connectivity index (χ2n) is 6.23. The zero-order valence-corrected chi connectivity index (χ0v) is 15.1. The normalized spacial score (nSPS) is 20.1. The summed E-state index contributed by atoms with van der Waals surface area (Å²) in [6.45, 7) is 4.89. The molecule has 0 unspecified atom stereocenters. The molecular weight excluding hydrogens is 332 g/mol. The van der Waals surface area contributed by atoms with Crippen LogP contribution in [0, 0.1) is 18.3 Å². The van der Waals surface area contributed by atoms with E-state index in [0.29, 0.717) is 24.3 Å². The predicted molar refractivity (Wildman–Crippen MR) is 95.3 cm³/mol. The molecule has 3 rings (SSSR count). The third-order valence-corrected chi connectivity index (χ3v) is 4.55. The largest absolute Gasteiger partial charge is 0.381 e. The van der Waals surface area contributed by atoms with E-state index in [1.54, 1.807) is 17.3 Å². The van der Waals surface area contributed by atoms with Gasteiger partial charge in [-0.05, 0) is 19.9 Å². The van der Waals surface area contributed by atoms with Crippen LogP contribution in [-0.2, 0) is 16.6 Å². The summed E-state index contributed by atoms with van der Waals surface area (Å²) in [6.07, 6.45) is 4.84. The molecule has 8 heteroatoms. The minimum absolute atomic E-state index is 0.0432. The molecule has 2 atom stereocenters. The van der Waals surface area contributed by atoms with Gasteiger partial charge in [0, 0.05) is 44.4 Å². The number of pyridine rings is 1. The summed E-state index contributed by atoms with van der Waals surface area (Å²) in [5, 5.41) is 12.6. The fraction of sp³-hybridized carbons (Fsp3) is 0.444. The van der Waals surface area contributed by atoms with E-state index in [1.807, 2.05) is 37.7 Å². The van der Waals surface area contributed by atoms with Crippen molar-refractivity contribution in [3.05, 3.63) is 41.7 Å². The van der Waals surface area contributed by atoms with E-state index in [0.717, 1.165) is 11.5 Å². The van der Waals surface area contributed by atoms with E-state index < -0.39 is 0 Å². The quantitative estimate of drug-likeness (QED) is 0.872. The highest BCUT2D eigenvalue weighted by molar-refractivity contribution is 5.78. The fourth-order valence-electron chi connectivity index (χ4n) is 3.23. The maximum atomic E-state index is 12.3. The molecule has 0 aliphatic carbocycles. The molecule has 1 aliphatic rings. The molecule has 2 aromatic heterocycles. The molecule has 136 valence electrons. The highest BCUT2D eigenvalue weighted by Crippen LogP contribution is 2.29. The average molecular weight is 354 g/mol. The Morgan fingerprint density at radius 1 is 1.46 bits per heavy atom. The smallest absolute Gasteiger partial charge is 0.249 e. The standard InChI is InChI=1S/C18H22N6O2/c1-4-24-16(25)11-26-15(17(24)18-20-5-6-23(18)3)10-22-14-7-12(2)21-9-13(14)8-19/h5-7,9,15,17H,4,10-11H2,1-3H3,(H,21,22)/t15-,17+/m0/s1. The van der Waals surface area contributed by atoms with Gasteiger partial charge < -0.3 is 19.5 Å². The van der Waals surface area contributed by atoms with Crippen LogP contribution in [-0.4, -0.2) is 51.1 Å². The Kier molecular flexibility index (Phi) is 5.19. The van der Waals surface area contributed by atoms with E-state index in [-0.39, 0.29) is 24.7 Å². The number of hydrogen-bond acceptors (Lipinski definition) is 6. The monoisotopic (exact) mass is 354 g/mol. The Balaban J connectivity index is 1.86. The van der Waals surface area contributed by atoms with Gasteiger partial charge in [-0.2, -0.15) is 5.26 Å². The number of carbonyl (C=O) groups excluding carboxylic acids is 1. The molecule has 0 aromatic carbocycles. The summed E-state index contributed by atoms with van der Waals surface area (Å²) < 4.78 is 7.74. The number of nitrogens with one attached hydrogen (secondary N) is 1. The Hall–Kier alpha value is -2.92. The highest BCUT2D eigenvalue weighted by Gasteiger charge is 2.39. The lowest BCUT2D eigenvalue weighted by Gasteiger charge is -2.40. The molecule has 0 saturated carbocycles. The molecular formula is C18H22N6O2. The first-order valence-electron chi connectivity index (χ1n) is 8.54. The van der Waals surface area contributed by atoms with E-state index in [4.69, 9.17) is 4.74 Å². The van der Waals surface area contributed by atoms with E-state index in [1.165, 1.54) is 0 Å².